The molecule has 4 N–H and O–H groups in total. The first-order chi connectivity index (χ1) is 21.0. The van der Waals surface area contributed by atoms with Crippen LogP contribution in [0.5, 0.6) is 0 Å². The quantitative estimate of drug-likeness (QED) is 0.167. The van der Waals surface area contributed by atoms with Crippen LogP contribution in [-0.2, 0) is 9.59 Å². The number of carboxylic acid groups (broad SMARTS) is 2. The first-order valence-corrected chi connectivity index (χ1v) is 15.5. The Hall–Kier alpha value is -4.12. The molecule has 0 atom stereocenters. The third kappa shape index (κ3) is 7.68. The fraction of sp³-hybridized carbons (Fsp3) is 0.214. The zero-order valence-corrected chi connectivity index (χ0v) is 26.0. The Kier molecular flexibility index (Phi) is 10.9. The smallest absolute Gasteiger partial charge is 0.337 e. The van der Waals surface area contributed by atoms with Gasteiger partial charge in [0.2, 0.25) is 11.8 Å². The number of rotatable bonds is 12. The topological polar surface area (TPSA) is 173 Å². The summed E-state index contributed by atoms with van der Waals surface area (Å²) in [6.45, 7) is 0.259. The molecule has 0 aliphatic carbocycles. The molecule has 2 heterocycles. The van der Waals surface area contributed by atoms with Gasteiger partial charge in [-0.25, -0.2) is 9.59 Å². The summed E-state index contributed by atoms with van der Waals surface area (Å²) < 4.78 is 0. The molecule has 2 saturated heterocycles. The van der Waals surface area contributed by atoms with E-state index in [1.807, 2.05) is 0 Å². The molecule has 0 unspecified atom stereocenters. The van der Waals surface area contributed by atoms with E-state index in [0.29, 0.717) is 9.81 Å². The molecule has 228 valence electrons. The second-order valence-corrected chi connectivity index (χ2v) is 12.0. The predicted octanol–water partition coefficient (Wildman–Crippen LogP) is 5.42. The number of hydrogen-bond acceptors (Lipinski definition) is 10. The molecule has 2 aromatic carbocycles. The Bertz CT molecular complexity index is 1510. The number of carbonyl (C=O) groups is 6. The molecule has 0 bridgehead atoms. The van der Waals surface area contributed by atoms with E-state index < -0.39 is 23.8 Å². The van der Waals surface area contributed by atoms with Crippen LogP contribution in [0.25, 0.3) is 0 Å². The van der Waals surface area contributed by atoms with Crippen LogP contribution in [-0.4, -0.2) is 77.3 Å². The molecule has 0 aromatic heterocycles. The number of para-hydroxylation sites is 2. The van der Waals surface area contributed by atoms with Gasteiger partial charge in [0.05, 0.1) is 32.3 Å². The largest absolute Gasteiger partial charge is 0.478 e. The van der Waals surface area contributed by atoms with Gasteiger partial charge in [-0.3, -0.25) is 29.0 Å². The van der Waals surface area contributed by atoms with Crippen molar-refractivity contribution in [2.75, 3.05) is 23.7 Å². The first-order valence-electron chi connectivity index (χ1n) is 13.0. The third-order valence-corrected chi connectivity index (χ3v) is 9.57. The number of benzene rings is 2. The maximum atomic E-state index is 12.7. The minimum Gasteiger partial charge on any atom is -0.478 e. The maximum Gasteiger partial charge on any atom is 0.337 e. The Labute approximate surface area is 270 Å². The van der Waals surface area contributed by atoms with Gasteiger partial charge in [-0.1, -0.05) is 48.7 Å². The summed E-state index contributed by atoms with van der Waals surface area (Å²) >= 11 is 12.7. The van der Waals surface area contributed by atoms with E-state index in [0.717, 1.165) is 23.5 Å². The Morgan fingerprint density at radius 2 is 1.02 bits per heavy atom. The highest BCUT2D eigenvalue weighted by atomic mass is 32.2. The highest BCUT2D eigenvalue weighted by Crippen LogP contribution is 2.43. The molecule has 2 aliphatic heterocycles. The van der Waals surface area contributed by atoms with Crippen LogP contribution in [0, 0.1) is 0 Å². The summed E-state index contributed by atoms with van der Waals surface area (Å²) in [6, 6.07) is 12.0. The number of amides is 4. The van der Waals surface area contributed by atoms with Crippen LogP contribution in [0.15, 0.2) is 58.3 Å². The summed E-state index contributed by atoms with van der Waals surface area (Å²) in [5.74, 6) is -3.18. The van der Waals surface area contributed by atoms with Crippen molar-refractivity contribution in [2.45, 2.75) is 25.7 Å². The van der Waals surface area contributed by atoms with Crippen molar-refractivity contribution in [3.63, 3.8) is 0 Å². The molecule has 12 nitrogen and oxygen atoms in total. The molecule has 2 fully saturated rings. The second-order valence-electron chi connectivity index (χ2n) is 9.31. The molecule has 4 rings (SSSR count). The van der Waals surface area contributed by atoms with Crippen molar-refractivity contribution in [3.05, 3.63) is 69.5 Å². The molecule has 2 aromatic rings. The highest BCUT2D eigenvalue weighted by Gasteiger charge is 2.40. The van der Waals surface area contributed by atoms with Crippen molar-refractivity contribution >= 4 is 104 Å². The lowest BCUT2D eigenvalue weighted by molar-refractivity contribution is -0.117. The van der Waals surface area contributed by atoms with Gasteiger partial charge < -0.3 is 20.8 Å². The van der Waals surface area contributed by atoms with Crippen molar-refractivity contribution < 1.29 is 39.0 Å². The van der Waals surface area contributed by atoms with Crippen molar-refractivity contribution in [2.24, 2.45) is 0 Å². The average Bonchev–Trinajstić information content (AvgIpc) is 3.42. The minimum atomic E-state index is -1.17. The normalized spacial score (nSPS) is 16.5. The van der Waals surface area contributed by atoms with E-state index in [-0.39, 0.29) is 81.7 Å². The third-order valence-electron chi connectivity index (χ3n) is 6.34. The molecule has 16 heteroatoms. The minimum absolute atomic E-state index is 0.00577. The van der Waals surface area contributed by atoms with E-state index in [1.165, 1.54) is 34.1 Å². The fourth-order valence-electron chi connectivity index (χ4n) is 4.23. The number of aromatic carboxylic acids is 2. The standard InChI is InChI=1S/C28H24N4O8S4/c33-19(29-17-9-3-1-7-15(17)25(35)36)11-5-13-31-23(41)21(43-27(31)39)22-24(42)32(28(40)44-22)14-6-12-20(34)30-18-10-4-2-8-16(18)26(37)38/h1-4,7-10H,5-6,11-14H2,(H,29,33)(H,30,34)(H,35,36)(H,37,38)/b22-21+. The summed E-state index contributed by atoms with van der Waals surface area (Å²) in [6.07, 6.45) is 0.507. The van der Waals surface area contributed by atoms with Crippen LogP contribution in [0.4, 0.5) is 21.0 Å². The van der Waals surface area contributed by atoms with Gasteiger partial charge in [-0.15, -0.1) is 0 Å². The van der Waals surface area contributed by atoms with Crippen LogP contribution in [0.2, 0.25) is 0 Å². The van der Waals surface area contributed by atoms with E-state index in [2.05, 4.69) is 10.6 Å². The van der Waals surface area contributed by atoms with Gasteiger partial charge in [-0.2, -0.15) is 0 Å². The lowest BCUT2D eigenvalue weighted by atomic mass is 10.1. The zero-order valence-electron chi connectivity index (χ0n) is 22.7. The molecule has 4 amide bonds. The average molecular weight is 673 g/mol. The van der Waals surface area contributed by atoms with Crippen molar-refractivity contribution in [1.82, 2.24) is 9.80 Å². The predicted molar refractivity (Wildman–Crippen MR) is 174 cm³/mol. The van der Waals surface area contributed by atoms with Gasteiger partial charge in [-0.05, 0) is 60.6 Å². The van der Waals surface area contributed by atoms with E-state index in [1.54, 1.807) is 24.3 Å². The highest BCUT2D eigenvalue weighted by molar-refractivity contribution is 8.23. The molecular formula is C28H24N4O8S4. The monoisotopic (exact) mass is 672 g/mol. The van der Waals surface area contributed by atoms with Gasteiger partial charge in [0, 0.05) is 25.9 Å². The van der Waals surface area contributed by atoms with E-state index in [4.69, 9.17) is 24.4 Å². The van der Waals surface area contributed by atoms with Crippen molar-refractivity contribution in [3.8, 4) is 0 Å². The van der Waals surface area contributed by atoms with Crippen LogP contribution in [0.1, 0.15) is 46.4 Å². The van der Waals surface area contributed by atoms with Crippen molar-refractivity contribution in [1.29, 1.82) is 0 Å². The molecular weight excluding hydrogens is 649 g/mol. The molecule has 44 heavy (non-hydrogen) atoms. The van der Waals surface area contributed by atoms with E-state index >= 15 is 0 Å². The number of anilines is 2. The maximum absolute atomic E-state index is 12.7. The zero-order chi connectivity index (χ0) is 32.0. The fourth-order valence-corrected chi connectivity index (χ4v) is 7.24. The summed E-state index contributed by atoms with van der Waals surface area (Å²) in [5, 5.41) is 22.9. The molecule has 2 aliphatic rings. The number of carbonyl (C=O) groups excluding carboxylic acids is 4. The van der Waals surface area contributed by atoms with Gasteiger partial charge in [0.15, 0.2) is 0 Å². The molecule has 0 spiro atoms. The first kappa shape index (κ1) is 32.8. The Balaban J connectivity index is 1.29. The Morgan fingerprint density at radius 1 is 0.659 bits per heavy atom. The summed E-state index contributed by atoms with van der Waals surface area (Å²) in [4.78, 5) is 76.8. The number of nitrogens with zero attached hydrogens (tertiary/aromatic N) is 2. The van der Waals surface area contributed by atoms with Crippen LogP contribution >= 0.6 is 48.0 Å². The molecule has 0 radical (unpaired) electrons. The number of thiocarbonyl (C=S) groups is 2. The Morgan fingerprint density at radius 3 is 1.39 bits per heavy atom. The number of nitrogens with one attached hydrogen (secondary N) is 2. The second kappa shape index (κ2) is 14.6. The summed E-state index contributed by atoms with van der Waals surface area (Å²) in [5.41, 5.74) is 0.265. The number of thioether (sulfide) groups is 2. The lowest BCUT2D eigenvalue weighted by Gasteiger charge is -2.16. The van der Waals surface area contributed by atoms with Crippen LogP contribution < -0.4 is 10.6 Å². The lowest BCUT2D eigenvalue weighted by Crippen LogP contribution is -2.30. The number of hydrogen-bond donors (Lipinski definition) is 4. The summed E-state index contributed by atoms with van der Waals surface area (Å²) in [7, 11) is 0. The van der Waals surface area contributed by atoms with Gasteiger partial charge in [0.25, 0.3) is 10.5 Å². The van der Waals surface area contributed by atoms with E-state index in [9.17, 15) is 39.0 Å². The number of carboxylic acids is 2. The van der Waals surface area contributed by atoms with Crippen LogP contribution in [0.3, 0.4) is 0 Å². The SMILES string of the molecule is O=C(CCCN1C(=O)S/C(=C2/SC(=O)N(CCCC(=O)Nc3ccccc3C(=O)O)C2=S)C1=S)Nc1ccccc1C(=O)O. The molecule has 0 saturated carbocycles. The van der Waals surface area contributed by atoms with Gasteiger partial charge >= 0.3 is 11.9 Å². The van der Waals surface area contributed by atoms with Gasteiger partial charge in [0.1, 0.15) is 9.98 Å².